The van der Waals surface area contributed by atoms with Crippen LogP contribution < -0.4 is 16.6 Å². The average Bonchev–Trinajstić information content (AvgIpc) is 2.92. The number of guanidine groups is 1. The normalized spacial score (nSPS) is 16.8. The summed E-state index contributed by atoms with van der Waals surface area (Å²) in [7, 11) is 0. The molecule has 1 aliphatic rings. The highest BCUT2D eigenvalue weighted by molar-refractivity contribution is 5.93. The van der Waals surface area contributed by atoms with Crippen molar-refractivity contribution in [2.45, 2.75) is 32.1 Å². The van der Waals surface area contributed by atoms with Crippen molar-refractivity contribution in [1.29, 1.82) is 0 Å². The minimum absolute atomic E-state index is 0.638. The second kappa shape index (κ2) is 7.01. The van der Waals surface area contributed by atoms with Crippen LogP contribution in [-0.4, -0.2) is 12.5 Å². The Morgan fingerprint density at radius 3 is 2.61 bits per heavy atom. The number of nitrogens with zero attached hydrogens (tertiary/aromatic N) is 1. The van der Waals surface area contributed by atoms with Crippen LogP contribution in [0.3, 0.4) is 0 Å². The molecule has 1 aromatic carbocycles. The summed E-state index contributed by atoms with van der Waals surface area (Å²) in [5.74, 6) is 6.97. The van der Waals surface area contributed by atoms with Crippen LogP contribution in [0.1, 0.15) is 32.1 Å². The molecule has 0 aromatic heterocycles. The van der Waals surface area contributed by atoms with Gasteiger partial charge in [-0.1, -0.05) is 43.9 Å². The molecule has 18 heavy (non-hydrogen) atoms. The third-order valence-corrected chi connectivity index (χ3v) is 3.46. The fourth-order valence-electron chi connectivity index (χ4n) is 2.44. The van der Waals surface area contributed by atoms with Gasteiger partial charge in [-0.2, -0.15) is 0 Å². The monoisotopic (exact) mass is 246 g/mol. The fraction of sp³-hybridized carbons (Fsp3) is 0.500. The van der Waals surface area contributed by atoms with Gasteiger partial charge in [-0.25, -0.2) is 5.84 Å². The lowest BCUT2D eigenvalue weighted by atomic mass is 10.0. The highest BCUT2D eigenvalue weighted by atomic mass is 15.3. The first-order valence-corrected chi connectivity index (χ1v) is 6.71. The van der Waals surface area contributed by atoms with Crippen molar-refractivity contribution in [2.24, 2.45) is 16.8 Å². The predicted octanol–water partition coefficient (Wildman–Crippen LogP) is 2.50. The molecule has 4 nitrogen and oxygen atoms in total. The number of hydrogen-bond acceptors (Lipinski definition) is 2. The number of aliphatic imine (C=N–C) groups is 1. The average molecular weight is 246 g/mol. The maximum absolute atomic E-state index is 5.47. The molecule has 0 radical (unpaired) electrons. The van der Waals surface area contributed by atoms with Crippen molar-refractivity contribution < 1.29 is 0 Å². The lowest BCUT2D eigenvalue weighted by molar-refractivity contribution is 0.511. The van der Waals surface area contributed by atoms with Gasteiger partial charge in [0.1, 0.15) is 0 Å². The SMILES string of the molecule is NNC(=NCCC1CCCC1)Nc1ccccc1. The maximum Gasteiger partial charge on any atom is 0.210 e. The van der Waals surface area contributed by atoms with Crippen LogP contribution in [0.25, 0.3) is 0 Å². The van der Waals surface area contributed by atoms with E-state index in [-0.39, 0.29) is 0 Å². The number of rotatable bonds is 4. The largest absolute Gasteiger partial charge is 0.325 e. The third-order valence-electron chi connectivity index (χ3n) is 3.46. The molecular formula is C14H22N4. The van der Waals surface area contributed by atoms with E-state index in [1.165, 1.54) is 32.1 Å². The van der Waals surface area contributed by atoms with Crippen molar-refractivity contribution in [3.8, 4) is 0 Å². The minimum atomic E-state index is 0.638. The van der Waals surface area contributed by atoms with Crippen LogP contribution in [0.15, 0.2) is 35.3 Å². The maximum atomic E-state index is 5.47. The van der Waals surface area contributed by atoms with E-state index in [0.29, 0.717) is 5.96 Å². The summed E-state index contributed by atoms with van der Waals surface area (Å²) in [6.45, 7) is 0.837. The molecule has 0 saturated heterocycles. The Morgan fingerprint density at radius 2 is 1.94 bits per heavy atom. The summed E-state index contributed by atoms with van der Waals surface area (Å²) in [5, 5.41) is 3.17. The fourth-order valence-corrected chi connectivity index (χ4v) is 2.44. The zero-order chi connectivity index (χ0) is 12.6. The first-order valence-electron chi connectivity index (χ1n) is 6.71. The smallest absolute Gasteiger partial charge is 0.210 e. The molecule has 0 aliphatic heterocycles. The van der Waals surface area contributed by atoms with Crippen LogP contribution in [0.2, 0.25) is 0 Å². The molecular weight excluding hydrogens is 224 g/mol. The van der Waals surface area contributed by atoms with E-state index >= 15 is 0 Å². The zero-order valence-corrected chi connectivity index (χ0v) is 10.7. The Bertz CT molecular complexity index is 369. The highest BCUT2D eigenvalue weighted by Gasteiger charge is 2.13. The molecule has 1 aliphatic carbocycles. The number of hydrogen-bond donors (Lipinski definition) is 3. The van der Waals surface area contributed by atoms with E-state index in [0.717, 1.165) is 18.2 Å². The van der Waals surface area contributed by atoms with Crippen molar-refractivity contribution in [1.82, 2.24) is 5.43 Å². The number of anilines is 1. The van der Waals surface area contributed by atoms with Gasteiger partial charge in [0.05, 0.1) is 0 Å². The lowest BCUT2D eigenvalue weighted by Gasteiger charge is -2.10. The molecule has 4 N–H and O–H groups in total. The minimum Gasteiger partial charge on any atom is -0.325 e. The van der Waals surface area contributed by atoms with E-state index in [9.17, 15) is 0 Å². The van der Waals surface area contributed by atoms with E-state index in [1.54, 1.807) is 0 Å². The van der Waals surface area contributed by atoms with Crippen LogP contribution in [-0.2, 0) is 0 Å². The Labute approximate surface area is 109 Å². The summed E-state index contributed by atoms with van der Waals surface area (Å²) < 4.78 is 0. The van der Waals surface area contributed by atoms with Crippen molar-refractivity contribution in [3.05, 3.63) is 30.3 Å². The molecule has 0 unspecified atom stereocenters. The Morgan fingerprint density at radius 1 is 1.22 bits per heavy atom. The molecule has 1 aromatic rings. The van der Waals surface area contributed by atoms with E-state index in [4.69, 9.17) is 5.84 Å². The van der Waals surface area contributed by atoms with Gasteiger partial charge >= 0.3 is 0 Å². The molecule has 1 saturated carbocycles. The first kappa shape index (κ1) is 12.9. The molecule has 2 rings (SSSR count). The second-order valence-corrected chi connectivity index (χ2v) is 4.80. The second-order valence-electron chi connectivity index (χ2n) is 4.80. The number of hydrazine groups is 1. The Hall–Kier alpha value is -1.55. The molecule has 0 amide bonds. The molecule has 1 fully saturated rings. The van der Waals surface area contributed by atoms with Crippen molar-refractivity contribution in [3.63, 3.8) is 0 Å². The molecule has 4 heteroatoms. The van der Waals surface area contributed by atoms with Crippen LogP contribution >= 0.6 is 0 Å². The summed E-state index contributed by atoms with van der Waals surface area (Å²) in [6.07, 6.45) is 6.68. The van der Waals surface area contributed by atoms with E-state index < -0.39 is 0 Å². The number of benzene rings is 1. The number of para-hydroxylation sites is 1. The lowest BCUT2D eigenvalue weighted by Crippen LogP contribution is -2.36. The van der Waals surface area contributed by atoms with Gasteiger partial charge in [0.2, 0.25) is 5.96 Å². The molecule has 0 bridgehead atoms. The predicted molar refractivity (Wildman–Crippen MR) is 76.3 cm³/mol. The van der Waals surface area contributed by atoms with Crippen molar-refractivity contribution >= 4 is 11.6 Å². The zero-order valence-electron chi connectivity index (χ0n) is 10.7. The third kappa shape index (κ3) is 4.04. The number of nitrogens with one attached hydrogen (secondary N) is 2. The summed E-state index contributed by atoms with van der Waals surface area (Å²) in [6, 6.07) is 9.93. The summed E-state index contributed by atoms with van der Waals surface area (Å²) >= 11 is 0. The van der Waals surface area contributed by atoms with Gasteiger partial charge in [-0.3, -0.25) is 10.4 Å². The van der Waals surface area contributed by atoms with E-state index in [1.807, 2.05) is 30.3 Å². The Kier molecular flexibility index (Phi) is 5.02. The van der Waals surface area contributed by atoms with Gasteiger partial charge in [0, 0.05) is 12.2 Å². The van der Waals surface area contributed by atoms with Gasteiger partial charge in [0.15, 0.2) is 0 Å². The van der Waals surface area contributed by atoms with Crippen LogP contribution in [0.4, 0.5) is 5.69 Å². The summed E-state index contributed by atoms with van der Waals surface area (Å²) in [4.78, 5) is 4.47. The van der Waals surface area contributed by atoms with Gasteiger partial charge in [0.25, 0.3) is 0 Å². The van der Waals surface area contributed by atoms with Gasteiger partial charge in [-0.05, 0) is 24.5 Å². The first-order chi connectivity index (χ1) is 8.88. The standard InChI is InChI=1S/C14H22N4/c15-18-14(17-13-8-2-1-3-9-13)16-11-10-12-6-4-5-7-12/h1-3,8-9,12H,4-7,10-11,15H2,(H2,16,17,18). The van der Waals surface area contributed by atoms with Crippen LogP contribution in [0.5, 0.6) is 0 Å². The summed E-state index contributed by atoms with van der Waals surface area (Å²) in [5.41, 5.74) is 3.61. The topological polar surface area (TPSA) is 62.4 Å². The number of nitrogens with two attached hydrogens (primary N) is 1. The Balaban J connectivity index is 1.80. The highest BCUT2D eigenvalue weighted by Crippen LogP contribution is 2.27. The van der Waals surface area contributed by atoms with Gasteiger partial charge in [-0.15, -0.1) is 0 Å². The molecule has 0 spiro atoms. The van der Waals surface area contributed by atoms with E-state index in [2.05, 4.69) is 15.7 Å². The molecule has 98 valence electrons. The van der Waals surface area contributed by atoms with Gasteiger partial charge < -0.3 is 5.32 Å². The molecule has 0 atom stereocenters. The molecule has 0 heterocycles. The van der Waals surface area contributed by atoms with Crippen LogP contribution in [0, 0.1) is 5.92 Å². The van der Waals surface area contributed by atoms with Crippen molar-refractivity contribution in [2.75, 3.05) is 11.9 Å². The quantitative estimate of drug-likeness (QED) is 0.331.